The first-order chi connectivity index (χ1) is 31.6. The number of hydrogen-bond acceptors (Lipinski definition) is 9. The van der Waals surface area contributed by atoms with Gasteiger partial charge in [0, 0.05) is 41.4 Å². The zero-order chi connectivity index (χ0) is 46.0. The van der Waals surface area contributed by atoms with Crippen molar-refractivity contribution in [1.29, 1.82) is 10.5 Å². The maximum Gasteiger partial charge on any atom is 0.152 e. The molecule has 9 heteroatoms. The molecule has 0 bridgehead atoms. The Labute approximate surface area is 381 Å². The van der Waals surface area contributed by atoms with Gasteiger partial charge in [0.2, 0.25) is 0 Å². The van der Waals surface area contributed by atoms with E-state index in [9.17, 15) is 4.79 Å². The molecule has 9 nitrogen and oxygen atoms in total. The number of hydrogen-bond donors (Lipinski definition) is 2. The van der Waals surface area contributed by atoms with Crippen LogP contribution in [0.5, 0.6) is 11.5 Å². The lowest BCUT2D eigenvalue weighted by atomic mass is 10.0. The van der Waals surface area contributed by atoms with E-state index in [0.29, 0.717) is 42.2 Å². The Morgan fingerprint density at radius 1 is 0.554 bits per heavy atom. The largest absolute Gasteiger partial charge is 0.487 e. The van der Waals surface area contributed by atoms with Crippen LogP contribution in [0.2, 0.25) is 0 Å². The summed E-state index contributed by atoms with van der Waals surface area (Å²) in [6.07, 6.45) is 4.29. The first kappa shape index (κ1) is 46.0. The fourth-order valence-corrected chi connectivity index (χ4v) is 6.78. The molecule has 0 atom stereocenters. The molecule has 322 valence electrons. The van der Waals surface area contributed by atoms with Crippen molar-refractivity contribution < 1.29 is 14.3 Å². The Bertz CT molecular complexity index is 2870. The number of anilines is 2. The van der Waals surface area contributed by atoms with E-state index in [1.54, 1.807) is 6.20 Å². The van der Waals surface area contributed by atoms with Gasteiger partial charge in [-0.2, -0.15) is 10.5 Å². The van der Waals surface area contributed by atoms with E-state index >= 15 is 0 Å². The third kappa shape index (κ3) is 13.0. The minimum atomic E-state index is 0.479. The van der Waals surface area contributed by atoms with E-state index in [1.807, 2.05) is 148 Å². The van der Waals surface area contributed by atoms with Crippen LogP contribution in [0.3, 0.4) is 0 Å². The summed E-state index contributed by atoms with van der Waals surface area (Å²) >= 11 is 0. The van der Waals surface area contributed by atoms with Crippen LogP contribution in [0, 0.1) is 50.4 Å². The van der Waals surface area contributed by atoms with E-state index in [4.69, 9.17) is 25.7 Å². The van der Waals surface area contributed by atoms with Crippen molar-refractivity contribution in [2.75, 3.05) is 11.1 Å². The van der Waals surface area contributed by atoms with Gasteiger partial charge in [-0.1, -0.05) is 109 Å². The van der Waals surface area contributed by atoms with Crippen molar-refractivity contribution in [2.45, 2.75) is 47.5 Å². The predicted molar refractivity (Wildman–Crippen MR) is 259 cm³/mol. The number of nitrogens with two attached hydrogens (primary N) is 1. The van der Waals surface area contributed by atoms with Crippen molar-refractivity contribution in [1.82, 2.24) is 9.97 Å². The number of aryl methyl sites for hydroxylation is 2. The molecule has 0 fully saturated rings. The highest BCUT2D eigenvalue weighted by Gasteiger charge is 2.12. The molecule has 0 spiro atoms. The lowest BCUT2D eigenvalue weighted by molar-refractivity contribution is 0.112. The number of nitriles is 2. The Kier molecular flexibility index (Phi) is 16.3. The van der Waals surface area contributed by atoms with Crippen LogP contribution in [0.25, 0.3) is 22.3 Å². The number of nitrogens with one attached hydrogen (secondary N) is 1. The van der Waals surface area contributed by atoms with Crippen LogP contribution in [-0.4, -0.2) is 16.3 Å². The first-order valence-corrected chi connectivity index (χ1v) is 21.1. The minimum Gasteiger partial charge on any atom is -0.487 e. The molecular formula is C56H50N6O3. The molecule has 2 aromatic heterocycles. The highest BCUT2D eigenvalue weighted by atomic mass is 16.5. The van der Waals surface area contributed by atoms with E-state index < -0.39 is 0 Å². The quantitative estimate of drug-likeness (QED) is 0.0905. The summed E-state index contributed by atoms with van der Waals surface area (Å²) in [6.45, 7) is 9.48. The fraction of sp³-hybridized carbons (Fsp3) is 0.125. The van der Waals surface area contributed by atoms with Crippen molar-refractivity contribution in [3.8, 4) is 45.9 Å². The molecule has 6 aromatic carbocycles. The average Bonchev–Trinajstić information content (AvgIpc) is 3.35. The number of carbonyl (C=O) groups is 1. The minimum absolute atomic E-state index is 0.479. The molecule has 8 aromatic rings. The Balaban J connectivity index is 0.000000178. The molecule has 8 rings (SSSR count). The summed E-state index contributed by atoms with van der Waals surface area (Å²) in [7, 11) is 0. The lowest BCUT2D eigenvalue weighted by Crippen LogP contribution is -2.06. The second-order valence-corrected chi connectivity index (χ2v) is 15.2. The molecule has 0 amide bonds. The SMILES string of the molecule is Cc1ncc(C=O)c(C)c1OCc1ccccc1.Cc1ncc(CNc2ccc(-c3ccc(C#N)cc3)cc2)c(C)c1OCc1ccccc1.N#Cc1ccc(-c2ccc(N)cc2)cc1. The van der Waals surface area contributed by atoms with Crippen LogP contribution in [0.15, 0.2) is 170 Å². The van der Waals surface area contributed by atoms with Gasteiger partial charge in [0.25, 0.3) is 0 Å². The van der Waals surface area contributed by atoms with Gasteiger partial charge in [-0.3, -0.25) is 14.8 Å². The fourth-order valence-electron chi connectivity index (χ4n) is 6.78. The summed E-state index contributed by atoms with van der Waals surface area (Å²) < 4.78 is 11.9. The molecule has 0 aliphatic carbocycles. The normalized spacial score (nSPS) is 10.1. The molecule has 0 radical (unpaired) electrons. The molecule has 3 N–H and O–H groups in total. The Hall–Kier alpha value is -8.53. The highest BCUT2D eigenvalue weighted by molar-refractivity contribution is 5.78. The standard InChI is InChI=1S/C28H25N3O.C15H15NO2.C13H10N2/c1-20-26(17-30-21(2)28(20)32-19-23-6-4-3-5-7-23)18-31-27-14-12-25(13-15-27)24-10-8-22(16-29)9-11-24;1-11-14(9-17)8-16-12(2)15(11)18-10-13-6-4-3-5-7-13;14-9-10-1-3-11(4-2-10)12-5-7-13(15)8-6-12/h3-15,17,31H,18-19H2,1-2H3;3-9H,10H2,1-2H3;1-8H,15H2. The first-order valence-electron chi connectivity index (χ1n) is 21.1. The van der Waals surface area contributed by atoms with Crippen molar-refractivity contribution >= 4 is 17.7 Å². The molecule has 2 heterocycles. The number of rotatable bonds is 12. The van der Waals surface area contributed by atoms with Gasteiger partial charge in [0.05, 0.1) is 34.7 Å². The Morgan fingerprint density at radius 3 is 1.42 bits per heavy atom. The summed E-state index contributed by atoms with van der Waals surface area (Å²) in [5, 5.41) is 21.1. The van der Waals surface area contributed by atoms with Crippen LogP contribution in [0.4, 0.5) is 11.4 Å². The molecule has 0 unspecified atom stereocenters. The number of nitrogen functional groups attached to an aromatic ring is 1. The van der Waals surface area contributed by atoms with E-state index in [0.717, 1.165) is 84.9 Å². The zero-order valence-electron chi connectivity index (χ0n) is 37.0. The lowest BCUT2D eigenvalue weighted by Gasteiger charge is -2.16. The topological polar surface area (TPSA) is 147 Å². The molecule has 0 saturated heterocycles. The van der Waals surface area contributed by atoms with Gasteiger partial charge in [-0.15, -0.1) is 0 Å². The third-order valence-electron chi connectivity index (χ3n) is 10.6. The maximum absolute atomic E-state index is 10.9. The van der Waals surface area contributed by atoms with Gasteiger partial charge in [-0.05, 0) is 121 Å². The average molecular weight is 855 g/mol. The van der Waals surface area contributed by atoms with Gasteiger partial charge in [-0.25, -0.2) is 0 Å². The number of nitrogens with zero attached hydrogens (tertiary/aromatic N) is 4. The molecule has 0 saturated carbocycles. The smallest absolute Gasteiger partial charge is 0.152 e. The predicted octanol–water partition coefficient (Wildman–Crippen LogP) is 12.3. The number of benzene rings is 6. The van der Waals surface area contributed by atoms with Gasteiger partial charge >= 0.3 is 0 Å². The van der Waals surface area contributed by atoms with Crippen molar-refractivity contribution in [3.05, 3.63) is 226 Å². The van der Waals surface area contributed by atoms with Crippen LogP contribution in [0.1, 0.15) is 60.7 Å². The second kappa shape index (κ2) is 23.1. The van der Waals surface area contributed by atoms with Crippen molar-refractivity contribution in [3.63, 3.8) is 0 Å². The zero-order valence-corrected chi connectivity index (χ0v) is 37.0. The van der Waals surface area contributed by atoms with Crippen LogP contribution < -0.4 is 20.5 Å². The number of ether oxygens (including phenoxy) is 2. The monoisotopic (exact) mass is 854 g/mol. The van der Waals surface area contributed by atoms with Crippen LogP contribution in [-0.2, 0) is 19.8 Å². The molecule has 0 aliphatic heterocycles. The van der Waals surface area contributed by atoms with Gasteiger partial charge < -0.3 is 20.5 Å². The molecular weight excluding hydrogens is 805 g/mol. The molecule has 65 heavy (non-hydrogen) atoms. The summed E-state index contributed by atoms with van der Waals surface area (Å²) in [5.74, 6) is 1.55. The number of pyridine rings is 2. The van der Waals surface area contributed by atoms with Crippen molar-refractivity contribution in [2.24, 2.45) is 0 Å². The van der Waals surface area contributed by atoms with Crippen LogP contribution >= 0.6 is 0 Å². The van der Waals surface area contributed by atoms with E-state index in [2.05, 4.69) is 70.7 Å². The summed E-state index contributed by atoms with van der Waals surface area (Å²) in [4.78, 5) is 19.6. The highest BCUT2D eigenvalue weighted by Crippen LogP contribution is 2.28. The number of aldehydes is 1. The number of carbonyl (C=O) groups excluding carboxylic acids is 1. The maximum atomic E-state index is 10.9. The Morgan fingerprint density at radius 2 is 0.969 bits per heavy atom. The van der Waals surface area contributed by atoms with E-state index in [-0.39, 0.29) is 0 Å². The molecule has 0 aliphatic rings. The van der Waals surface area contributed by atoms with Gasteiger partial charge in [0.15, 0.2) is 6.29 Å². The van der Waals surface area contributed by atoms with Gasteiger partial charge in [0.1, 0.15) is 24.7 Å². The third-order valence-corrected chi connectivity index (χ3v) is 10.6. The number of aromatic nitrogens is 2. The van der Waals surface area contributed by atoms with E-state index in [1.165, 1.54) is 0 Å². The second-order valence-electron chi connectivity index (χ2n) is 15.2. The summed E-state index contributed by atoms with van der Waals surface area (Å²) in [6, 6.07) is 55.4. The summed E-state index contributed by atoms with van der Waals surface area (Å²) in [5.41, 5.74) is 20.7.